The van der Waals surface area contributed by atoms with Crippen LogP contribution in [0.25, 0.3) is 5.65 Å². The van der Waals surface area contributed by atoms with Gasteiger partial charge in [0.2, 0.25) is 5.91 Å². The summed E-state index contributed by atoms with van der Waals surface area (Å²) < 4.78 is 6.96. The standard InChI is InChI=1S/C17H22N6O2/c1-3-12(2)19-17(24)9-8-16-21-20-15-7-6-14(22-23(15)16)18-11-13-5-4-10-25-13/h4-7,10,12H,3,8-9,11H2,1-2H3,(H,18,22)(H,19,24)/t12-/m0/s1. The molecule has 3 aromatic heterocycles. The minimum absolute atomic E-state index is 0.0122. The molecule has 1 amide bonds. The number of fused-ring (bicyclic) bond motifs is 1. The third kappa shape index (κ3) is 4.34. The van der Waals surface area contributed by atoms with Crippen LogP contribution in [-0.2, 0) is 17.8 Å². The fourth-order valence-electron chi connectivity index (χ4n) is 2.35. The first-order valence-electron chi connectivity index (χ1n) is 8.42. The minimum atomic E-state index is 0.0122. The highest BCUT2D eigenvalue weighted by atomic mass is 16.3. The van der Waals surface area contributed by atoms with E-state index < -0.39 is 0 Å². The number of furan rings is 1. The van der Waals surface area contributed by atoms with Crippen molar-refractivity contribution in [2.24, 2.45) is 0 Å². The number of amides is 1. The number of nitrogens with one attached hydrogen (secondary N) is 2. The lowest BCUT2D eigenvalue weighted by Crippen LogP contribution is -2.32. The third-order valence-corrected chi connectivity index (χ3v) is 3.95. The molecule has 0 aromatic carbocycles. The monoisotopic (exact) mass is 342 g/mol. The van der Waals surface area contributed by atoms with E-state index in [1.807, 2.05) is 38.1 Å². The largest absolute Gasteiger partial charge is 0.467 e. The molecule has 0 saturated heterocycles. The first-order valence-corrected chi connectivity index (χ1v) is 8.42. The molecule has 0 fully saturated rings. The Labute approximate surface area is 145 Å². The van der Waals surface area contributed by atoms with E-state index in [0.29, 0.717) is 36.7 Å². The summed E-state index contributed by atoms with van der Waals surface area (Å²) in [5.41, 5.74) is 0.654. The van der Waals surface area contributed by atoms with E-state index in [9.17, 15) is 4.79 Å². The molecule has 25 heavy (non-hydrogen) atoms. The van der Waals surface area contributed by atoms with Crippen LogP contribution in [-0.4, -0.2) is 31.8 Å². The van der Waals surface area contributed by atoms with Gasteiger partial charge in [0.05, 0.1) is 12.8 Å². The van der Waals surface area contributed by atoms with Crippen molar-refractivity contribution in [3.63, 3.8) is 0 Å². The second-order valence-corrected chi connectivity index (χ2v) is 5.91. The fraction of sp³-hybridized carbons (Fsp3) is 0.412. The zero-order valence-electron chi connectivity index (χ0n) is 14.4. The minimum Gasteiger partial charge on any atom is -0.467 e. The van der Waals surface area contributed by atoms with Crippen LogP contribution in [0.2, 0.25) is 0 Å². The van der Waals surface area contributed by atoms with Crippen LogP contribution in [0, 0.1) is 0 Å². The maximum Gasteiger partial charge on any atom is 0.220 e. The molecule has 0 aliphatic rings. The van der Waals surface area contributed by atoms with Gasteiger partial charge in [0.25, 0.3) is 0 Å². The van der Waals surface area contributed by atoms with Crippen molar-refractivity contribution < 1.29 is 9.21 Å². The number of rotatable bonds is 8. The van der Waals surface area contributed by atoms with Gasteiger partial charge in [-0.3, -0.25) is 4.79 Å². The molecule has 0 bridgehead atoms. The Bertz CT molecular complexity index is 827. The van der Waals surface area contributed by atoms with Gasteiger partial charge >= 0.3 is 0 Å². The topological polar surface area (TPSA) is 97.3 Å². The lowest BCUT2D eigenvalue weighted by atomic mass is 10.2. The van der Waals surface area contributed by atoms with Gasteiger partial charge < -0.3 is 15.1 Å². The van der Waals surface area contributed by atoms with Crippen molar-refractivity contribution in [2.75, 3.05) is 5.32 Å². The SMILES string of the molecule is CC[C@H](C)NC(=O)CCc1nnc2ccc(NCc3ccco3)nn12. The van der Waals surface area contributed by atoms with Gasteiger partial charge in [-0.05, 0) is 37.6 Å². The van der Waals surface area contributed by atoms with Gasteiger partial charge in [-0.2, -0.15) is 4.52 Å². The first kappa shape index (κ1) is 16.9. The van der Waals surface area contributed by atoms with Crippen LogP contribution in [0.3, 0.4) is 0 Å². The number of hydrogen-bond donors (Lipinski definition) is 2. The normalized spacial score (nSPS) is 12.2. The summed E-state index contributed by atoms with van der Waals surface area (Å²) in [5.74, 6) is 2.19. The van der Waals surface area contributed by atoms with E-state index >= 15 is 0 Å². The van der Waals surface area contributed by atoms with Crippen molar-refractivity contribution in [3.05, 3.63) is 42.1 Å². The van der Waals surface area contributed by atoms with Crippen LogP contribution in [0.1, 0.15) is 38.3 Å². The number of carbonyl (C=O) groups excluding carboxylic acids is 1. The zero-order chi connectivity index (χ0) is 17.6. The van der Waals surface area contributed by atoms with E-state index in [4.69, 9.17) is 4.42 Å². The maximum atomic E-state index is 11.9. The molecule has 8 heteroatoms. The van der Waals surface area contributed by atoms with E-state index in [0.717, 1.165) is 12.2 Å². The number of aryl methyl sites for hydroxylation is 1. The molecule has 0 aliphatic carbocycles. The summed E-state index contributed by atoms with van der Waals surface area (Å²) in [6, 6.07) is 7.60. The Kier molecular flexibility index (Phi) is 5.27. The van der Waals surface area contributed by atoms with Crippen LogP contribution >= 0.6 is 0 Å². The van der Waals surface area contributed by atoms with E-state index in [1.54, 1.807) is 10.8 Å². The third-order valence-electron chi connectivity index (χ3n) is 3.95. The molecule has 3 aromatic rings. The first-order chi connectivity index (χ1) is 12.2. The average Bonchev–Trinajstić information content (AvgIpc) is 3.27. The molecular weight excluding hydrogens is 320 g/mol. The molecule has 1 atom stereocenters. The molecule has 8 nitrogen and oxygen atoms in total. The van der Waals surface area contributed by atoms with Gasteiger partial charge in [-0.15, -0.1) is 15.3 Å². The molecule has 132 valence electrons. The second kappa shape index (κ2) is 7.78. The molecule has 2 N–H and O–H groups in total. The summed E-state index contributed by atoms with van der Waals surface area (Å²) in [5, 5.41) is 18.9. The van der Waals surface area contributed by atoms with Gasteiger partial charge in [0, 0.05) is 18.9 Å². The molecule has 0 spiro atoms. The number of nitrogens with zero attached hydrogens (tertiary/aromatic N) is 4. The Morgan fingerprint density at radius 1 is 1.32 bits per heavy atom. The van der Waals surface area contributed by atoms with Crippen LogP contribution in [0.5, 0.6) is 0 Å². The molecule has 0 aliphatic heterocycles. The maximum absolute atomic E-state index is 11.9. The number of carbonyl (C=O) groups is 1. The lowest BCUT2D eigenvalue weighted by Gasteiger charge is -2.10. The molecular formula is C17H22N6O2. The van der Waals surface area contributed by atoms with Crippen molar-refractivity contribution in [3.8, 4) is 0 Å². The van der Waals surface area contributed by atoms with Crippen LogP contribution < -0.4 is 10.6 Å². The van der Waals surface area contributed by atoms with Gasteiger partial charge in [-0.1, -0.05) is 6.92 Å². The predicted molar refractivity (Wildman–Crippen MR) is 93.0 cm³/mol. The van der Waals surface area contributed by atoms with E-state index in [2.05, 4.69) is 25.9 Å². The molecule has 0 unspecified atom stereocenters. The average molecular weight is 342 g/mol. The summed E-state index contributed by atoms with van der Waals surface area (Å²) in [6.45, 7) is 4.57. The van der Waals surface area contributed by atoms with E-state index in [1.165, 1.54) is 0 Å². The Balaban J connectivity index is 1.64. The van der Waals surface area contributed by atoms with Crippen LogP contribution in [0.15, 0.2) is 34.9 Å². The Morgan fingerprint density at radius 3 is 2.96 bits per heavy atom. The molecule has 3 heterocycles. The highest BCUT2D eigenvalue weighted by Gasteiger charge is 2.11. The molecule has 0 radical (unpaired) electrons. The summed E-state index contributed by atoms with van der Waals surface area (Å²) in [7, 11) is 0. The summed E-state index contributed by atoms with van der Waals surface area (Å²) in [4.78, 5) is 11.9. The smallest absolute Gasteiger partial charge is 0.220 e. The number of anilines is 1. The zero-order valence-corrected chi connectivity index (χ0v) is 14.4. The molecule has 0 saturated carbocycles. The number of aromatic nitrogens is 4. The highest BCUT2D eigenvalue weighted by molar-refractivity contribution is 5.76. The Morgan fingerprint density at radius 2 is 2.20 bits per heavy atom. The van der Waals surface area contributed by atoms with Gasteiger partial charge in [0.15, 0.2) is 11.5 Å². The van der Waals surface area contributed by atoms with E-state index in [-0.39, 0.29) is 11.9 Å². The second-order valence-electron chi connectivity index (χ2n) is 5.91. The number of hydrogen-bond acceptors (Lipinski definition) is 6. The van der Waals surface area contributed by atoms with Crippen LogP contribution in [0.4, 0.5) is 5.82 Å². The van der Waals surface area contributed by atoms with Crippen molar-refractivity contribution in [1.29, 1.82) is 0 Å². The van der Waals surface area contributed by atoms with Crippen molar-refractivity contribution in [2.45, 2.75) is 45.7 Å². The van der Waals surface area contributed by atoms with Crippen molar-refractivity contribution in [1.82, 2.24) is 25.1 Å². The summed E-state index contributed by atoms with van der Waals surface area (Å²) in [6.07, 6.45) is 3.39. The highest BCUT2D eigenvalue weighted by Crippen LogP contribution is 2.10. The predicted octanol–water partition coefficient (Wildman–Crippen LogP) is 2.18. The van der Waals surface area contributed by atoms with Gasteiger partial charge in [-0.25, -0.2) is 0 Å². The Hall–Kier alpha value is -2.90. The van der Waals surface area contributed by atoms with Gasteiger partial charge in [0.1, 0.15) is 11.6 Å². The lowest BCUT2D eigenvalue weighted by molar-refractivity contribution is -0.121. The fourth-order valence-corrected chi connectivity index (χ4v) is 2.35. The summed E-state index contributed by atoms with van der Waals surface area (Å²) >= 11 is 0. The quantitative estimate of drug-likeness (QED) is 0.651. The van der Waals surface area contributed by atoms with Crippen molar-refractivity contribution >= 4 is 17.4 Å². The molecule has 3 rings (SSSR count).